The number of carbonyl (C=O) groups is 1. The molecule has 1 aromatic carbocycles. The Bertz CT molecular complexity index is 787. The quantitative estimate of drug-likeness (QED) is 0.805. The molecule has 0 radical (unpaired) electrons. The fourth-order valence-electron chi connectivity index (χ4n) is 4.43. The van der Waals surface area contributed by atoms with E-state index in [2.05, 4.69) is 5.32 Å². The Morgan fingerprint density at radius 3 is 2.26 bits per heavy atom. The molecule has 0 unspecified atom stereocenters. The van der Waals surface area contributed by atoms with E-state index in [1.54, 1.807) is 0 Å². The maximum absolute atomic E-state index is 13.9. The smallest absolute Gasteiger partial charge is 0.245 e. The Hall–Kier alpha value is -1.22. The molecule has 0 spiro atoms. The van der Waals surface area contributed by atoms with Crippen LogP contribution in [0.25, 0.3) is 0 Å². The Balaban J connectivity index is 0.00000210. The van der Waals surface area contributed by atoms with Gasteiger partial charge in [-0.05, 0) is 36.8 Å². The van der Waals surface area contributed by atoms with Gasteiger partial charge in [0.05, 0.1) is 0 Å². The maximum atomic E-state index is 13.9. The summed E-state index contributed by atoms with van der Waals surface area (Å²) in [7, 11) is -3.85. The van der Waals surface area contributed by atoms with Crippen LogP contribution in [0.4, 0.5) is 4.39 Å². The molecular formula is C18H25ClFN3O3S. The molecule has 0 saturated carbocycles. The Morgan fingerprint density at radius 2 is 1.67 bits per heavy atom. The first-order chi connectivity index (χ1) is 12.5. The number of hydrogen-bond acceptors (Lipinski definition) is 4. The minimum atomic E-state index is -3.85. The first-order valence-electron chi connectivity index (χ1n) is 9.21. The topological polar surface area (TPSA) is 69.7 Å². The Labute approximate surface area is 165 Å². The second-order valence-corrected chi connectivity index (χ2v) is 9.44. The molecule has 2 atom stereocenters. The van der Waals surface area contributed by atoms with Crippen LogP contribution in [0, 0.1) is 23.6 Å². The van der Waals surface area contributed by atoms with Crippen LogP contribution in [0.1, 0.15) is 12.8 Å². The number of piperidine rings is 1. The van der Waals surface area contributed by atoms with Crippen molar-refractivity contribution in [1.82, 2.24) is 14.5 Å². The predicted molar refractivity (Wildman–Crippen MR) is 102 cm³/mol. The number of amides is 1. The molecule has 3 heterocycles. The third kappa shape index (κ3) is 3.85. The molecule has 0 bridgehead atoms. The van der Waals surface area contributed by atoms with Gasteiger partial charge in [-0.1, -0.05) is 12.1 Å². The van der Waals surface area contributed by atoms with Gasteiger partial charge in [-0.25, -0.2) is 12.8 Å². The number of fused-ring (bicyclic) bond motifs is 1. The van der Waals surface area contributed by atoms with Gasteiger partial charge < -0.3 is 10.2 Å². The largest absolute Gasteiger partial charge is 0.342 e. The predicted octanol–water partition coefficient (Wildman–Crippen LogP) is 1.33. The molecule has 3 fully saturated rings. The Kier molecular flexibility index (Phi) is 6.10. The molecule has 3 saturated heterocycles. The fourth-order valence-corrected chi connectivity index (χ4v) is 5.96. The Morgan fingerprint density at radius 1 is 1.07 bits per heavy atom. The summed E-state index contributed by atoms with van der Waals surface area (Å²) in [4.78, 5) is 14.5. The summed E-state index contributed by atoms with van der Waals surface area (Å²) >= 11 is 0. The molecule has 1 amide bonds. The van der Waals surface area contributed by atoms with Crippen LogP contribution < -0.4 is 5.32 Å². The van der Waals surface area contributed by atoms with E-state index in [1.807, 2.05) is 4.90 Å². The number of nitrogens with zero attached hydrogens (tertiary/aromatic N) is 2. The average molecular weight is 418 g/mol. The van der Waals surface area contributed by atoms with E-state index in [-0.39, 0.29) is 42.2 Å². The summed E-state index contributed by atoms with van der Waals surface area (Å²) in [5.41, 5.74) is 0. The van der Waals surface area contributed by atoms with Crippen molar-refractivity contribution in [3.8, 4) is 0 Å². The SMILES string of the molecule is Cl.O=C(C1CCN(S(=O)(=O)c2ccccc2F)CC1)N1C[C@H]2CNC[C@H]2C1. The zero-order chi connectivity index (χ0) is 18.3. The van der Waals surface area contributed by atoms with Crippen LogP contribution in [0.2, 0.25) is 0 Å². The molecule has 3 aliphatic rings. The van der Waals surface area contributed by atoms with Crippen molar-refractivity contribution >= 4 is 28.3 Å². The standard InChI is InChI=1S/C18H24FN3O3S.ClH/c19-16-3-1-2-4-17(16)26(24,25)22-7-5-13(6-8-22)18(23)21-11-14-9-20-10-15(14)12-21;/h1-4,13-15,20H,5-12H2;1H/t14-,15+;. The highest BCUT2D eigenvalue weighted by Gasteiger charge is 2.41. The van der Waals surface area contributed by atoms with Gasteiger partial charge in [0, 0.05) is 45.2 Å². The molecule has 1 N–H and O–H groups in total. The summed E-state index contributed by atoms with van der Waals surface area (Å²) in [6.07, 6.45) is 0.993. The highest BCUT2D eigenvalue weighted by molar-refractivity contribution is 7.89. The van der Waals surface area contributed by atoms with Gasteiger partial charge in [0.2, 0.25) is 15.9 Å². The van der Waals surface area contributed by atoms with Crippen molar-refractivity contribution in [2.24, 2.45) is 17.8 Å². The number of benzene rings is 1. The third-order valence-electron chi connectivity index (χ3n) is 5.96. The number of carbonyl (C=O) groups excluding carboxylic acids is 1. The van der Waals surface area contributed by atoms with Gasteiger partial charge >= 0.3 is 0 Å². The molecule has 3 aliphatic heterocycles. The summed E-state index contributed by atoms with van der Waals surface area (Å²) in [6, 6.07) is 5.44. The van der Waals surface area contributed by atoms with E-state index in [0.717, 1.165) is 32.2 Å². The molecule has 1 aromatic rings. The lowest BCUT2D eigenvalue weighted by Gasteiger charge is -2.32. The van der Waals surface area contributed by atoms with Crippen LogP contribution in [-0.2, 0) is 14.8 Å². The van der Waals surface area contributed by atoms with Crippen molar-refractivity contribution in [3.05, 3.63) is 30.1 Å². The summed E-state index contributed by atoms with van der Waals surface area (Å²) in [6.45, 7) is 4.10. The van der Waals surface area contributed by atoms with E-state index in [1.165, 1.54) is 22.5 Å². The first kappa shape index (κ1) is 20.5. The van der Waals surface area contributed by atoms with Crippen molar-refractivity contribution in [2.45, 2.75) is 17.7 Å². The van der Waals surface area contributed by atoms with E-state index < -0.39 is 15.8 Å². The van der Waals surface area contributed by atoms with E-state index in [0.29, 0.717) is 24.7 Å². The monoisotopic (exact) mass is 417 g/mol. The minimum Gasteiger partial charge on any atom is -0.342 e. The lowest BCUT2D eigenvalue weighted by molar-refractivity contribution is -0.135. The van der Waals surface area contributed by atoms with Gasteiger partial charge in [-0.2, -0.15) is 4.31 Å². The van der Waals surface area contributed by atoms with Crippen LogP contribution in [0.3, 0.4) is 0 Å². The number of hydrogen-bond donors (Lipinski definition) is 1. The van der Waals surface area contributed by atoms with E-state index >= 15 is 0 Å². The van der Waals surface area contributed by atoms with Crippen LogP contribution >= 0.6 is 12.4 Å². The van der Waals surface area contributed by atoms with Crippen LogP contribution in [0.5, 0.6) is 0 Å². The molecule has 9 heteroatoms. The summed E-state index contributed by atoms with van der Waals surface area (Å²) in [5.74, 6) is 0.403. The zero-order valence-corrected chi connectivity index (χ0v) is 16.6. The third-order valence-corrected chi connectivity index (χ3v) is 7.89. The highest BCUT2D eigenvalue weighted by Crippen LogP contribution is 2.31. The lowest BCUT2D eigenvalue weighted by atomic mass is 9.96. The van der Waals surface area contributed by atoms with Gasteiger partial charge in [0.25, 0.3) is 0 Å². The molecule has 27 heavy (non-hydrogen) atoms. The first-order valence-corrected chi connectivity index (χ1v) is 10.6. The zero-order valence-electron chi connectivity index (χ0n) is 15.0. The van der Waals surface area contributed by atoms with Gasteiger partial charge in [0.1, 0.15) is 10.7 Å². The summed E-state index contributed by atoms with van der Waals surface area (Å²) in [5, 5.41) is 3.36. The highest BCUT2D eigenvalue weighted by atomic mass is 35.5. The molecular weight excluding hydrogens is 393 g/mol. The molecule has 150 valence electrons. The summed E-state index contributed by atoms with van der Waals surface area (Å²) < 4.78 is 40.5. The van der Waals surface area contributed by atoms with E-state index in [9.17, 15) is 17.6 Å². The van der Waals surface area contributed by atoms with Crippen molar-refractivity contribution in [3.63, 3.8) is 0 Å². The number of sulfonamides is 1. The van der Waals surface area contributed by atoms with Crippen LogP contribution in [-0.4, -0.2) is 62.8 Å². The number of halogens is 2. The normalized spacial score (nSPS) is 26.6. The molecule has 6 nitrogen and oxygen atoms in total. The van der Waals surface area contributed by atoms with Gasteiger partial charge in [-0.3, -0.25) is 4.79 Å². The van der Waals surface area contributed by atoms with Crippen molar-refractivity contribution in [1.29, 1.82) is 0 Å². The van der Waals surface area contributed by atoms with Crippen molar-refractivity contribution < 1.29 is 17.6 Å². The number of likely N-dealkylation sites (tertiary alicyclic amines) is 1. The minimum absolute atomic E-state index is 0. The molecule has 0 aromatic heterocycles. The number of rotatable bonds is 3. The van der Waals surface area contributed by atoms with Gasteiger partial charge in [-0.15, -0.1) is 12.4 Å². The average Bonchev–Trinajstić information content (AvgIpc) is 3.23. The van der Waals surface area contributed by atoms with E-state index in [4.69, 9.17) is 0 Å². The van der Waals surface area contributed by atoms with Crippen LogP contribution in [0.15, 0.2) is 29.2 Å². The maximum Gasteiger partial charge on any atom is 0.245 e. The molecule has 0 aliphatic carbocycles. The molecule has 4 rings (SSSR count). The second-order valence-electron chi connectivity index (χ2n) is 7.53. The second kappa shape index (κ2) is 8.03. The van der Waals surface area contributed by atoms with Gasteiger partial charge in [0.15, 0.2) is 0 Å². The number of nitrogens with one attached hydrogen (secondary N) is 1. The lowest BCUT2D eigenvalue weighted by Crippen LogP contribution is -2.44. The fraction of sp³-hybridized carbons (Fsp3) is 0.611. The van der Waals surface area contributed by atoms with Crippen molar-refractivity contribution in [2.75, 3.05) is 39.3 Å².